The third-order valence-electron chi connectivity index (χ3n) is 3.71. The van der Waals surface area contributed by atoms with Crippen molar-refractivity contribution in [3.63, 3.8) is 0 Å². The Balaban J connectivity index is 1.64. The van der Waals surface area contributed by atoms with Crippen LogP contribution in [0.5, 0.6) is 5.75 Å². The van der Waals surface area contributed by atoms with Crippen LogP contribution >= 0.6 is 15.9 Å². The molecule has 0 saturated carbocycles. The van der Waals surface area contributed by atoms with Crippen LogP contribution in [-0.4, -0.2) is 5.78 Å². The fourth-order valence-corrected chi connectivity index (χ4v) is 2.95. The molecule has 0 spiro atoms. The number of halogens is 1. The highest BCUT2D eigenvalue weighted by Gasteiger charge is 2.18. The van der Waals surface area contributed by atoms with Crippen molar-refractivity contribution in [1.82, 2.24) is 0 Å². The van der Waals surface area contributed by atoms with Crippen molar-refractivity contribution in [3.8, 4) is 5.75 Å². The molecular weight excluding hydrogens is 364 g/mol. The van der Waals surface area contributed by atoms with E-state index in [0.29, 0.717) is 12.2 Å². The number of ketones is 1. The first-order chi connectivity index (χ1) is 11.7. The van der Waals surface area contributed by atoms with Gasteiger partial charge in [0.1, 0.15) is 17.2 Å². The van der Waals surface area contributed by atoms with Crippen molar-refractivity contribution in [2.24, 2.45) is 0 Å². The molecule has 3 rings (SSSR count). The van der Waals surface area contributed by atoms with Gasteiger partial charge in [-0.1, -0.05) is 76.6 Å². The normalized spacial score (nSPS) is 11.7. The minimum Gasteiger partial charge on any atom is -0.489 e. The third kappa shape index (κ3) is 4.12. The first kappa shape index (κ1) is 16.5. The number of carbonyl (C=O) groups excluding carboxylic acids is 1. The molecule has 3 heteroatoms. The lowest BCUT2D eigenvalue weighted by atomic mass is 10.0. The molecule has 0 fully saturated rings. The van der Waals surface area contributed by atoms with Gasteiger partial charge >= 0.3 is 0 Å². The van der Waals surface area contributed by atoms with E-state index in [1.54, 1.807) is 12.1 Å². The van der Waals surface area contributed by atoms with Crippen molar-refractivity contribution in [2.75, 3.05) is 0 Å². The number of hydrogen-bond donors (Lipinski definition) is 0. The summed E-state index contributed by atoms with van der Waals surface area (Å²) >= 11 is 3.49. The van der Waals surface area contributed by atoms with Gasteiger partial charge in [0, 0.05) is 5.56 Å². The second-order valence-electron chi connectivity index (χ2n) is 5.44. The van der Waals surface area contributed by atoms with Gasteiger partial charge < -0.3 is 4.74 Å². The topological polar surface area (TPSA) is 26.3 Å². The van der Waals surface area contributed by atoms with E-state index in [-0.39, 0.29) is 10.6 Å². The maximum Gasteiger partial charge on any atom is 0.180 e. The Hall–Kier alpha value is -2.39. The van der Waals surface area contributed by atoms with Crippen molar-refractivity contribution in [3.05, 3.63) is 102 Å². The summed E-state index contributed by atoms with van der Waals surface area (Å²) in [5.41, 5.74) is 2.72. The molecule has 3 aromatic carbocycles. The van der Waals surface area contributed by atoms with Gasteiger partial charge in [0.25, 0.3) is 0 Å². The van der Waals surface area contributed by atoms with Crippen molar-refractivity contribution in [2.45, 2.75) is 11.4 Å². The van der Waals surface area contributed by atoms with Crippen molar-refractivity contribution in [1.29, 1.82) is 0 Å². The maximum atomic E-state index is 12.5. The number of alkyl halides is 1. The van der Waals surface area contributed by atoms with Crippen molar-refractivity contribution >= 4 is 21.7 Å². The standard InChI is InChI=1S/C21H17BrO2/c22-20(17-9-5-2-6-10-17)21(23)18-11-13-19(14-12-18)24-15-16-7-3-1-4-8-16/h1-14,20H,15H2. The Morgan fingerprint density at radius 2 is 1.42 bits per heavy atom. The quantitative estimate of drug-likeness (QED) is 0.411. The maximum absolute atomic E-state index is 12.5. The lowest BCUT2D eigenvalue weighted by Gasteiger charge is -2.10. The molecule has 0 radical (unpaired) electrons. The number of ether oxygens (including phenoxy) is 1. The summed E-state index contributed by atoms with van der Waals surface area (Å²) in [6, 6.07) is 26.9. The molecule has 0 aromatic heterocycles. The molecule has 0 aliphatic heterocycles. The van der Waals surface area contributed by atoms with Crippen LogP contribution in [0.15, 0.2) is 84.9 Å². The summed E-state index contributed by atoms with van der Waals surface area (Å²) in [5, 5.41) is 0. The fraction of sp³-hybridized carbons (Fsp3) is 0.0952. The van der Waals surface area contributed by atoms with Gasteiger partial charge in [-0.05, 0) is 35.4 Å². The van der Waals surface area contributed by atoms with Gasteiger partial charge in [-0.25, -0.2) is 0 Å². The van der Waals surface area contributed by atoms with E-state index in [1.807, 2.05) is 72.8 Å². The van der Waals surface area contributed by atoms with Crippen LogP contribution in [0.2, 0.25) is 0 Å². The van der Waals surface area contributed by atoms with Gasteiger partial charge in [-0.2, -0.15) is 0 Å². The summed E-state index contributed by atoms with van der Waals surface area (Å²) < 4.78 is 5.75. The van der Waals surface area contributed by atoms with Crippen LogP contribution in [0, 0.1) is 0 Å². The molecule has 1 unspecified atom stereocenters. The highest BCUT2D eigenvalue weighted by Crippen LogP contribution is 2.27. The van der Waals surface area contributed by atoms with Crippen molar-refractivity contribution < 1.29 is 9.53 Å². The Bertz CT molecular complexity index is 783. The molecule has 0 amide bonds. The molecule has 2 nitrogen and oxygen atoms in total. The Kier molecular flexibility index (Phi) is 5.44. The van der Waals surface area contributed by atoms with Gasteiger partial charge in [0.2, 0.25) is 0 Å². The first-order valence-corrected chi connectivity index (χ1v) is 8.65. The summed E-state index contributed by atoms with van der Waals surface area (Å²) in [5.74, 6) is 0.789. The largest absolute Gasteiger partial charge is 0.489 e. The van der Waals surface area contributed by atoms with E-state index in [4.69, 9.17) is 4.74 Å². The smallest absolute Gasteiger partial charge is 0.180 e. The summed E-state index contributed by atoms with van der Waals surface area (Å²) in [6.07, 6.45) is 0. The second-order valence-corrected chi connectivity index (χ2v) is 6.35. The van der Waals surface area contributed by atoms with E-state index in [0.717, 1.165) is 16.9 Å². The first-order valence-electron chi connectivity index (χ1n) is 7.74. The van der Waals surface area contributed by atoms with E-state index in [2.05, 4.69) is 15.9 Å². The average Bonchev–Trinajstić information content (AvgIpc) is 2.67. The predicted molar refractivity (Wildman–Crippen MR) is 99.7 cm³/mol. The van der Waals surface area contributed by atoms with Crippen LogP contribution in [0.1, 0.15) is 26.3 Å². The van der Waals surface area contributed by atoms with E-state index >= 15 is 0 Å². The number of carbonyl (C=O) groups is 1. The Morgan fingerprint density at radius 1 is 0.833 bits per heavy atom. The van der Waals surface area contributed by atoms with Crippen LogP contribution < -0.4 is 4.74 Å². The summed E-state index contributed by atoms with van der Waals surface area (Å²) in [4.78, 5) is 12.2. The molecule has 0 heterocycles. The number of rotatable bonds is 6. The van der Waals surface area contributed by atoms with E-state index in [9.17, 15) is 4.79 Å². The van der Waals surface area contributed by atoms with Gasteiger partial charge in [0.15, 0.2) is 5.78 Å². The average molecular weight is 381 g/mol. The number of hydrogen-bond acceptors (Lipinski definition) is 2. The van der Waals surface area contributed by atoms with Gasteiger partial charge in [0.05, 0.1) is 0 Å². The van der Waals surface area contributed by atoms with Gasteiger partial charge in [-0.15, -0.1) is 0 Å². The zero-order chi connectivity index (χ0) is 16.8. The highest BCUT2D eigenvalue weighted by molar-refractivity contribution is 9.09. The molecule has 0 N–H and O–H groups in total. The van der Waals surface area contributed by atoms with Crippen LogP contribution in [-0.2, 0) is 6.61 Å². The zero-order valence-electron chi connectivity index (χ0n) is 13.1. The monoisotopic (exact) mass is 380 g/mol. The molecule has 0 aliphatic carbocycles. The summed E-state index contributed by atoms with van der Waals surface area (Å²) in [6.45, 7) is 0.513. The van der Waals surface area contributed by atoms with E-state index in [1.165, 1.54) is 0 Å². The molecule has 0 aliphatic rings. The SMILES string of the molecule is O=C(c1ccc(OCc2ccccc2)cc1)C(Br)c1ccccc1. The zero-order valence-corrected chi connectivity index (χ0v) is 14.6. The third-order valence-corrected chi connectivity index (χ3v) is 4.65. The molecule has 3 aromatic rings. The van der Waals surface area contributed by atoms with Gasteiger partial charge in [-0.3, -0.25) is 4.79 Å². The van der Waals surface area contributed by atoms with Crippen LogP contribution in [0.25, 0.3) is 0 Å². The molecule has 120 valence electrons. The minimum atomic E-state index is -0.338. The Labute approximate surface area is 150 Å². The molecule has 1 atom stereocenters. The molecular formula is C21H17BrO2. The highest BCUT2D eigenvalue weighted by atomic mass is 79.9. The number of benzene rings is 3. The molecule has 0 saturated heterocycles. The van der Waals surface area contributed by atoms with Crippen LogP contribution in [0.3, 0.4) is 0 Å². The minimum absolute atomic E-state index is 0.0378. The molecule has 24 heavy (non-hydrogen) atoms. The molecule has 0 bridgehead atoms. The lowest BCUT2D eigenvalue weighted by Crippen LogP contribution is -2.07. The number of Topliss-reactive ketones (excluding diaryl/α,β-unsaturated/α-hetero) is 1. The second kappa shape index (κ2) is 7.93. The Morgan fingerprint density at radius 3 is 2.04 bits per heavy atom. The fourth-order valence-electron chi connectivity index (χ4n) is 2.38. The lowest BCUT2D eigenvalue weighted by molar-refractivity contribution is 0.0991. The predicted octanol–water partition coefficient (Wildman–Crippen LogP) is 5.58. The summed E-state index contributed by atoms with van der Waals surface area (Å²) in [7, 11) is 0. The van der Waals surface area contributed by atoms with E-state index < -0.39 is 0 Å². The van der Waals surface area contributed by atoms with Crippen LogP contribution in [0.4, 0.5) is 0 Å².